The van der Waals surface area contributed by atoms with E-state index in [9.17, 15) is 4.79 Å². The smallest absolute Gasteiger partial charge is 0.254 e. The molecule has 0 aliphatic heterocycles. The second-order valence-corrected chi connectivity index (χ2v) is 4.75. The first-order chi connectivity index (χ1) is 10.2. The maximum Gasteiger partial charge on any atom is 0.254 e. The molecule has 0 heterocycles. The number of rotatable bonds is 5. The summed E-state index contributed by atoms with van der Waals surface area (Å²) >= 11 is 0. The average molecular weight is 284 g/mol. The molecule has 2 aromatic rings. The first-order valence-electron chi connectivity index (χ1n) is 6.92. The Morgan fingerprint density at radius 3 is 2.38 bits per heavy atom. The zero-order valence-corrected chi connectivity index (χ0v) is 12.4. The number of benzene rings is 2. The van der Waals surface area contributed by atoms with E-state index in [-0.39, 0.29) is 5.91 Å². The first kappa shape index (κ1) is 14.9. The second kappa shape index (κ2) is 6.79. The van der Waals surface area contributed by atoms with Crippen molar-refractivity contribution in [3.63, 3.8) is 0 Å². The van der Waals surface area contributed by atoms with Gasteiger partial charge in [-0.1, -0.05) is 18.2 Å². The molecule has 0 aliphatic carbocycles. The Bertz CT molecular complexity index is 608. The lowest BCUT2D eigenvalue weighted by atomic mass is 10.1. The normalized spacial score (nSPS) is 10.2. The van der Waals surface area contributed by atoms with Crippen LogP contribution < -0.4 is 10.5 Å². The van der Waals surface area contributed by atoms with Gasteiger partial charge in [0.25, 0.3) is 5.91 Å². The van der Waals surface area contributed by atoms with Crippen molar-refractivity contribution in [2.75, 3.05) is 19.4 Å². The molecule has 1 amide bonds. The van der Waals surface area contributed by atoms with Gasteiger partial charge < -0.3 is 15.4 Å². The van der Waals surface area contributed by atoms with E-state index in [1.807, 2.05) is 31.2 Å². The number of nitrogen functional groups attached to an aromatic ring is 1. The van der Waals surface area contributed by atoms with Crippen molar-refractivity contribution >= 4 is 11.6 Å². The molecule has 110 valence electrons. The third kappa shape index (κ3) is 3.54. The van der Waals surface area contributed by atoms with E-state index in [0.29, 0.717) is 24.3 Å². The number of anilines is 1. The molecule has 0 spiro atoms. The summed E-state index contributed by atoms with van der Waals surface area (Å²) in [5.74, 6) is 0.727. The molecule has 4 heteroatoms. The van der Waals surface area contributed by atoms with Gasteiger partial charge in [0.05, 0.1) is 7.11 Å². The number of carbonyl (C=O) groups excluding carboxylic acids is 1. The van der Waals surface area contributed by atoms with Crippen LogP contribution in [0.5, 0.6) is 5.75 Å². The van der Waals surface area contributed by atoms with E-state index in [2.05, 4.69) is 0 Å². The number of nitrogens with zero attached hydrogens (tertiary/aromatic N) is 1. The molecule has 2 rings (SSSR count). The molecule has 0 fully saturated rings. The summed E-state index contributed by atoms with van der Waals surface area (Å²) in [6, 6.07) is 14.7. The minimum atomic E-state index is -0.0107. The van der Waals surface area contributed by atoms with Gasteiger partial charge in [-0.2, -0.15) is 0 Å². The molecule has 0 atom stereocenters. The fraction of sp³-hybridized carbons (Fsp3) is 0.235. The highest BCUT2D eigenvalue weighted by molar-refractivity contribution is 5.94. The topological polar surface area (TPSA) is 55.6 Å². The third-order valence-corrected chi connectivity index (χ3v) is 3.42. The second-order valence-electron chi connectivity index (χ2n) is 4.75. The van der Waals surface area contributed by atoms with Gasteiger partial charge in [-0.05, 0) is 42.8 Å². The maximum absolute atomic E-state index is 12.5. The minimum Gasteiger partial charge on any atom is -0.497 e. The van der Waals surface area contributed by atoms with Crippen LogP contribution in [0.2, 0.25) is 0 Å². The van der Waals surface area contributed by atoms with Crippen molar-refractivity contribution in [2.24, 2.45) is 0 Å². The Hall–Kier alpha value is -2.49. The van der Waals surface area contributed by atoms with Gasteiger partial charge in [0.1, 0.15) is 5.75 Å². The average Bonchev–Trinajstić information content (AvgIpc) is 2.53. The summed E-state index contributed by atoms with van der Waals surface area (Å²) in [5.41, 5.74) is 8.26. The van der Waals surface area contributed by atoms with Gasteiger partial charge in [0.15, 0.2) is 0 Å². The SMILES string of the molecule is CCN(Cc1ccccc1N)C(=O)c1ccc(OC)cc1. The van der Waals surface area contributed by atoms with Gasteiger partial charge in [-0.15, -0.1) is 0 Å². The summed E-state index contributed by atoms with van der Waals surface area (Å²) in [7, 11) is 1.60. The number of para-hydroxylation sites is 1. The van der Waals surface area contributed by atoms with E-state index in [1.54, 1.807) is 36.3 Å². The zero-order chi connectivity index (χ0) is 15.2. The number of methoxy groups -OCH3 is 1. The first-order valence-corrected chi connectivity index (χ1v) is 6.92. The van der Waals surface area contributed by atoms with E-state index in [0.717, 1.165) is 11.3 Å². The molecule has 0 radical (unpaired) electrons. The molecule has 21 heavy (non-hydrogen) atoms. The van der Waals surface area contributed by atoms with Gasteiger partial charge in [0, 0.05) is 24.3 Å². The predicted octanol–water partition coefficient (Wildman–Crippen LogP) is 2.94. The van der Waals surface area contributed by atoms with Crippen LogP contribution in [0.25, 0.3) is 0 Å². The Morgan fingerprint density at radius 2 is 1.81 bits per heavy atom. The van der Waals surface area contributed by atoms with Crippen molar-refractivity contribution in [2.45, 2.75) is 13.5 Å². The summed E-state index contributed by atoms with van der Waals surface area (Å²) in [5, 5.41) is 0. The van der Waals surface area contributed by atoms with E-state index in [4.69, 9.17) is 10.5 Å². The molecule has 2 N–H and O–H groups in total. The van der Waals surface area contributed by atoms with Crippen molar-refractivity contribution in [1.82, 2.24) is 4.90 Å². The summed E-state index contributed by atoms with van der Waals surface area (Å²) < 4.78 is 5.11. The Morgan fingerprint density at radius 1 is 1.14 bits per heavy atom. The Labute approximate surface area is 125 Å². The van der Waals surface area contributed by atoms with Crippen LogP contribution in [-0.4, -0.2) is 24.5 Å². The molecule has 0 aliphatic rings. The number of ether oxygens (including phenoxy) is 1. The summed E-state index contributed by atoms with van der Waals surface area (Å²) in [6.45, 7) is 3.09. The van der Waals surface area contributed by atoms with Gasteiger partial charge in [-0.3, -0.25) is 4.79 Å². The number of carbonyl (C=O) groups is 1. The highest BCUT2D eigenvalue weighted by atomic mass is 16.5. The van der Waals surface area contributed by atoms with Gasteiger partial charge >= 0.3 is 0 Å². The highest BCUT2D eigenvalue weighted by Gasteiger charge is 2.15. The lowest BCUT2D eigenvalue weighted by Gasteiger charge is -2.22. The zero-order valence-electron chi connectivity index (χ0n) is 12.4. The Kier molecular flexibility index (Phi) is 4.82. The monoisotopic (exact) mass is 284 g/mol. The number of amides is 1. The van der Waals surface area contributed by atoms with E-state index >= 15 is 0 Å². The van der Waals surface area contributed by atoms with Crippen LogP contribution in [0.1, 0.15) is 22.8 Å². The summed E-state index contributed by atoms with van der Waals surface area (Å²) in [4.78, 5) is 14.3. The lowest BCUT2D eigenvalue weighted by molar-refractivity contribution is 0.0753. The van der Waals surface area contributed by atoms with Crippen LogP contribution in [0, 0.1) is 0 Å². The third-order valence-electron chi connectivity index (χ3n) is 3.42. The van der Waals surface area contributed by atoms with Crippen molar-refractivity contribution in [3.05, 3.63) is 59.7 Å². The molecule has 0 unspecified atom stereocenters. The number of hydrogen-bond donors (Lipinski definition) is 1. The largest absolute Gasteiger partial charge is 0.497 e. The number of hydrogen-bond acceptors (Lipinski definition) is 3. The van der Waals surface area contributed by atoms with Crippen LogP contribution in [-0.2, 0) is 6.54 Å². The van der Waals surface area contributed by atoms with E-state index < -0.39 is 0 Å². The van der Waals surface area contributed by atoms with Crippen molar-refractivity contribution in [3.8, 4) is 5.75 Å². The van der Waals surface area contributed by atoms with Crippen LogP contribution in [0.4, 0.5) is 5.69 Å². The lowest BCUT2D eigenvalue weighted by Crippen LogP contribution is -2.30. The molecule has 2 aromatic carbocycles. The van der Waals surface area contributed by atoms with Crippen molar-refractivity contribution in [1.29, 1.82) is 0 Å². The summed E-state index contributed by atoms with van der Waals surface area (Å²) in [6.07, 6.45) is 0. The van der Waals surface area contributed by atoms with Crippen molar-refractivity contribution < 1.29 is 9.53 Å². The van der Waals surface area contributed by atoms with Gasteiger partial charge in [0.2, 0.25) is 0 Å². The predicted molar refractivity (Wildman–Crippen MR) is 84.3 cm³/mol. The van der Waals surface area contributed by atoms with E-state index in [1.165, 1.54) is 0 Å². The standard InChI is InChI=1S/C17H20N2O2/c1-3-19(12-14-6-4-5-7-16(14)18)17(20)13-8-10-15(21-2)11-9-13/h4-11H,3,12,18H2,1-2H3. The van der Waals surface area contributed by atoms with Gasteiger partial charge in [-0.25, -0.2) is 0 Å². The fourth-order valence-electron chi connectivity index (χ4n) is 2.13. The fourth-order valence-corrected chi connectivity index (χ4v) is 2.13. The molecule has 0 saturated heterocycles. The van der Waals surface area contributed by atoms with Crippen LogP contribution >= 0.6 is 0 Å². The molecule has 0 saturated carbocycles. The molecular formula is C17H20N2O2. The Balaban J connectivity index is 2.16. The quantitative estimate of drug-likeness (QED) is 0.859. The van der Waals surface area contributed by atoms with Crippen LogP contribution in [0.3, 0.4) is 0 Å². The van der Waals surface area contributed by atoms with Crippen LogP contribution in [0.15, 0.2) is 48.5 Å². The highest BCUT2D eigenvalue weighted by Crippen LogP contribution is 2.17. The minimum absolute atomic E-state index is 0.0107. The molecular weight excluding hydrogens is 264 g/mol. The molecule has 0 bridgehead atoms. The number of nitrogens with two attached hydrogens (primary N) is 1. The maximum atomic E-state index is 12.5. The molecule has 0 aromatic heterocycles. The molecule has 4 nitrogen and oxygen atoms in total.